The fourth-order valence-electron chi connectivity index (χ4n) is 3.25. The van der Waals surface area contributed by atoms with E-state index in [0.717, 1.165) is 0 Å². The van der Waals surface area contributed by atoms with Crippen molar-refractivity contribution in [2.24, 2.45) is 0 Å². The van der Waals surface area contributed by atoms with E-state index in [-0.39, 0.29) is 0 Å². The minimum Gasteiger partial charge on any atom is -0.265 e. The van der Waals surface area contributed by atoms with Crippen LogP contribution in [0.25, 0.3) is 10.8 Å². The summed E-state index contributed by atoms with van der Waals surface area (Å²) in [4.78, 5) is 4.13. The van der Waals surface area contributed by atoms with E-state index in [2.05, 4.69) is 73.4 Å². The molecular formula is C21H23N. The summed E-state index contributed by atoms with van der Waals surface area (Å²) in [6, 6.07) is 19.8. The lowest BCUT2D eigenvalue weighted by Crippen LogP contribution is -2.04. The number of nitrogens with zero attached hydrogens (tertiary/aromatic N) is 1. The third kappa shape index (κ3) is 3.19. The third-order valence-corrected chi connectivity index (χ3v) is 4.65. The number of hydrogen-bond donors (Lipinski definition) is 0. The molecule has 2 atom stereocenters. The van der Waals surface area contributed by atoms with Crippen molar-refractivity contribution >= 4 is 10.8 Å². The van der Waals surface area contributed by atoms with E-state index in [1.807, 2.05) is 12.4 Å². The molecule has 0 aliphatic heterocycles. The van der Waals surface area contributed by atoms with Crippen LogP contribution in [0.15, 0.2) is 67.0 Å². The first-order valence-corrected chi connectivity index (χ1v) is 8.16. The van der Waals surface area contributed by atoms with Gasteiger partial charge in [0.25, 0.3) is 0 Å². The highest BCUT2D eigenvalue weighted by atomic mass is 14.6. The zero-order chi connectivity index (χ0) is 15.4. The highest BCUT2D eigenvalue weighted by Gasteiger charge is 2.15. The molecule has 22 heavy (non-hydrogen) atoms. The highest BCUT2D eigenvalue weighted by Crippen LogP contribution is 2.32. The quantitative estimate of drug-likeness (QED) is 0.568. The summed E-state index contributed by atoms with van der Waals surface area (Å²) in [5, 5.41) is 2.66. The molecule has 0 spiro atoms. The second kappa shape index (κ2) is 6.74. The molecule has 3 rings (SSSR count). The molecule has 0 aliphatic rings. The Morgan fingerprint density at radius 3 is 2.32 bits per heavy atom. The molecule has 112 valence electrons. The Kier molecular flexibility index (Phi) is 4.53. The fourth-order valence-corrected chi connectivity index (χ4v) is 3.25. The molecular weight excluding hydrogens is 266 g/mol. The van der Waals surface area contributed by atoms with Crippen molar-refractivity contribution in [3.8, 4) is 0 Å². The summed E-state index contributed by atoms with van der Waals surface area (Å²) < 4.78 is 0. The fraction of sp³-hybridized carbons (Fsp3) is 0.286. The van der Waals surface area contributed by atoms with Crippen molar-refractivity contribution in [3.63, 3.8) is 0 Å². The van der Waals surface area contributed by atoms with Gasteiger partial charge in [0.1, 0.15) is 0 Å². The second-order valence-electron chi connectivity index (χ2n) is 6.13. The van der Waals surface area contributed by atoms with Gasteiger partial charge in [-0.25, -0.2) is 0 Å². The number of aromatic nitrogens is 1. The Morgan fingerprint density at radius 2 is 1.59 bits per heavy atom. The Balaban J connectivity index is 1.81. The van der Waals surface area contributed by atoms with Crippen LogP contribution in [0.1, 0.15) is 49.7 Å². The SMILES string of the molecule is CCC(CC(C)c1ccc2ccccc2c1)c1ccncc1. The molecule has 0 amide bonds. The molecule has 2 unspecified atom stereocenters. The molecule has 1 nitrogen and oxygen atoms in total. The molecule has 1 heterocycles. The lowest BCUT2D eigenvalue weighted by Gasteiger charge is -2.20. The van der Waals surface area contributed by atoms with Gasteiger partial charge in [-0.2, -0.15) is 0 Å². The summed E-state index contributed by atoms with van der Waals surface area (Å²) in [7, 11) is 0. The highest BCUT2D eigenvalue weighted by molar-refractivity contribution is 5.83. The predicted molar refractivity (Wildman–Crippen MR) is 94.2 cm³/mol. The maximum absolute atomic E-state index is 4.13. The van der Waals surface area contributed by atoms with Crippen molar-refractivity contribution in [3.05, 3.63) is 78.1 Å². The van der Waals surface area contributed by atoms with Gasteiger partial charge in [-0.1, -0.05) is 56.3 Å². The van der Waals surface area contributed by atoms with Gasteiger partial charge in [-0.3, -0.25) is 4.98 Å². The zero-order valence-corrected chi connectivity index (χ0v) is 13.4. The molecule has 0 bridgehead atoms. The van der Waals surface area contributed by atoms with Crippen LogP contribution in [0, 0.1) is 0 Å². The smallest absolute Gasteiger partial charge is 0.0270 e. The van der Waals surface area contributed by atoms with E-state index < -0.39 is 0 Å². The van der Waals surface area contributed by atoms with Crippen LogP contribution in [0.5, 0.6) is 0 Å². The number of fused-ring (bicyclic) bond motifs is 1. The van der Waals surface area contributed by atoms with Crippen LogP contribution in [-0.2, 0) is 0 Å². The van der Waals surface area contributed by atoms with Gasteiger partial charge in [-0.05, 0) is 58.7 Å². The first-order chi connectivity index (χ1) is 10.8. The van der Waals surface area contributed by atoms with Gasteiger partial charge in [0.05, 0.1) is 0 Å². The number of benzene rings is 2. The first-order valence-electron chi connectivity index (χ1n) is 8.16. The van der Waals surface area contributed by atoms with E-state index in [4.69, 9.17) is 0 Å². The van der Waals surface area contributed by atoms with Gasteiger partial charge in [0, 0.05) is 12.4 Å². The summed E-state index contributed by atoms with van der Waals surface area (Å²) in [6.07, 6.45) is 6.15. The Bertz CT molecular complexity index is 733. The molecule has 1 heteroatoms. The molecule has 0 aliphatic carbocycles. The number of rotatable bonds is 5. The van der Waals surface area contributed by atoms with Gasteiger partial charge in [-0.15, -0.1) is 0 Å². The maximum atomic E-state index is 4.13. The number of pyridine rings is 1. The standard InChI is InChI=1S/C21H23N/c1-3-17(19-10-12-22-13-11-19)14-16(2)20-9-8-18-6-4-5-7-21(18)15-20/h4-13,15-17H,3,14H2,1-2H3. The molecule has 0 radical (unpaired) electrons. The Morgan fingerprint density at radius 1 is 0.864 bits per heavy atom. The molecule has 2 aromatic carbocycles. The van der Waals surface area contributed by atoms with Crippen LogP contribution in [0.4, 0.5) is 0 Å². The predicted octanol–water partition coefficient (Wildman–Crippen LogP) is 5.92. The normalized spacial score (nSPS) is 13.9. The maximum Gasteiger partial charge on any atom is 0.0270 e. The lowest BCUT2D eigenvalue weighted by atomic mass is 9.84. The summed E-state index contributed by atoms with van der Waals surface area (Å²) in [5.41, 5.74) is 2.84. The average molecular weight is 289 g/mol. The largest absolute Gasteiger partial charge is 0.265 e. The van der Waals surface area contributed by atoms with Crippen LogP contribution in [0.2, 0.25) is 0 Å². The van der Waals surface area contributed by atoms with E-state index in [1.54, 1.807) is 0 Å². The average Bonchev–Trinajstić information content (AvgIpc) is 2.59. The lowest BCUT2D eigenvalue weighted by molar-refractivity contribution is 0.544. The van der Waals surface area contributed by atoms with Gasteiger partial charge >= 0.3 is 0 Å². The zero-order valence-electron chi connectivity index (χ0n) is 13.4. The molecule has 0 N–H and O–H groups in total. The Hall–Kier alpha value is -2.15. The van der Waals surface area contributed by atoms with Gasteiger partial charge in [0.2, 0.25) is 0 Å². The van der Waals surface area contributed by atoms with Crippen LogP contribution in [-0.4, -0.2) is 4.98 Å². The monoisotopic (exact) mass is 289 g/mol. The van der Waals surface area contributed by atoms with Crippen LogP contribution in [0.3, 0.4) is 0 Å². The summed E-state index contributed by atoms with van der Waals surface area (Å²) >= 11 is 0. The van der Waals surface area contributed by atoms with Crippen molar-refractivity contribution < 1.29 is 0 Å². The molecule has 0 saturated heterocycles. The van der Waals surface area contributed by atoms with Crippen molar-refractivity contribution in [2.45, 2.75) is 38.5 Å². The molecule has 0 fully saturated rings. The van der Waals surface area contributed by atoms with E-state index >= 15 is 0 Å². The summed E-state index contributed by atoms with van der Waals surface area (Å²) in [5.74, 6) is 1.16. The summed E-state index contributed by atoms with van der Waals surface area (Å²) in [6.45, 7) is 4.62. The van der Waals surface area contributed by atoms with E-state index in [0.29, 0.717) is 11.8 Å². The van der Waals surface area contributed by atoms with Crippen molar-refractivity contribution in [2.75, 3.05) is 0 Å². The minimum atomic E-state index is 0.558. The van der Waals surface area contributed by atoms with Crippen LogP contribution < -0.4 is 0 Å². The van der Waals surface area contributed by atoms with Gasteiger partial charge in [0.15, 0.2) is 0 Å². The van der Waals surface area contributed by atoms with Crippen molar-refractivity contribution in [1.29, 1.82) is 0 Å². The van der Waals surface area contributed by atoms with Crippen molar-refractivity contribution in [1.82, 2.24) is 4.98 Å². The number of hydrogen-bond acceptors (Lipinski definition) is 1. The van der Waals surface area contributed by atoms with E-state index in [9.17, 15) is 0 Å². The Labute approximate surface area is 133 Å². The third-order valence-electron chi connectivity index (χ3n) is 4.65. The molecule has 0 saturated carbocycles. The molecule has 3 aromatic rings. The van der Waals surface area contributed by atoms with Gasteiger partial charge < -0.3 is 0 Å². The van der Waals surface area contributed by atoms with E-state index in [1.165, 1.54) is 34.7 Å². The minimum absolute atomic E-state index is 0.558. The first kappa shape index (κ1) is 14.8. The van der Waals surface area contributed by atoms with Crippen LogP contribution >= 0.6 is 0 Å². The topological polar surface area (TPSA) is 12.9 Å². The second-order valence-corrected chi connectivity index (χ2v) is 6.13. The molecule has 1 aromatic heterocycles.